The first-order chi connectivity index (χ1) is 13.7. The number of para-hydroxylation sites is 1. The van der Waals surface area contributed by atoms with Crippen molar-refractivity contribution in [2.24, 2.45) is 17.9 Å². The van der Waals surface area contributed by atoms with Crippen molar-refractivity contribution in [3.05, 3.63) is 51.9 Å². The summed E-state index contributed by atoms with van der Waals surface area (Å²) in [6, 6.07) is 9.32. The van der Waals surface area contributed by atoms with E-state index in [1.165, 1.54) is 0 Å². The van der Waals surface area contributed by atoms with E-state index in [0.717, 1.165) is 24.9 Å². The largest absolute Gasteiger partial charge is 0.455 e. The Morgan fingerprint density at radius 3 is 2.24 bits per heavy atom. The molecule has 1 aliphatic carbocycles. The highest BCUT2D eigenvalue weighted by atomic mass is 16.5. The first-order valence-electron chi connectivity index (χ1n) is 10.3. The minimum absolute atomic E-state index is 0.0835. The van der Waals surface area contributed by atoms with Crippen molar-refractivity contribution >= 4 is 11.8 Å². The number of hydrogen-bond donors (Lipinski definition) is 0. The standard InChI is InChI=1S/C23H28N2O4/c1-15-17(19(26)25(24(15)4)16-11-7-5-8-12-16)18-22(2,3)20(27)23(21(28)29-18)13-9-6-10-14-23/h5,7-8,11-12,18H,6,9-10,13-14H2,1-4H3/t18-/m1/s1. The van der Waals surface area contributed by atoms with Crippen molar-refractivity contribution in [2.75, 3.05) is 0 Å². The average Bonchev–Trinajstić information content (AvgIpc) is 2.94. The van der Waals surface area contributed by atoms with Crippen LogP contribution in [-0.2, 0) is 21.4 Å². The topological polar surface area (TPSA) is 70.3 Å². The van der Waals surface area contributed by atoms with Gasteiger partial charge in [-0.25, -0.2) is 4.68 Å². The molecule has 1 aromatic heterocycles. The third kappa shape index (κ3) is 2.72. The number of ether oxygens (including phenoxy) is 1. The molecule has 6 heteroatoms. The molecule has 1 saturated carbocycles. The van der Waals surface area contributed by atoms with Crippen molar-refractivity contribution < 1.29 is 14.3 Å². The third-order valence-electron chi connectivity index (χ3n) is 6.86. The minimum atomic E-state index is -1.04. The van der Waals surface area contributed by atoms with Crippen LogP contribution in [0, 0.1) is 17.8 Å². The van der Waals surface area contributed by atoms with Crippen LogP contribution < -0.4 is 5.56 Å². The van der Waals surface area contributed by atoms with E-state index in [1.54, 1.807) is 16.4 Å². The highest BCUT2D eigenvalue weighted by molar-refractivity contribution is 6.08. The van der Waals surface area contributed by atoms with Gasteiger partial charge in [0, 0.05) is 12.7 Å². The Morgan fingerprint density at radius 1 is 1.00 bits per heavy atom. The second-order valence-corrected chi connectivity index (χ2v) is 8.95. The van der Waals surface area contributed by atoms with Crippen molar-refractivity contribution in [1.82, 2.24) is 9.36 Å². The maximum absolute atomic E-state index is 13.6. The number of carbonyl (C=O) groups is 2. The molecule has 1 aromatic carbocycles. The van der Waals surface area contributed by atoms with Crippen LogP contribution in [0.25, 0.3) is 5.69 Å². The number of nitrogens with zero attached hydrogens (tertiary/aromatic N) is 2. The number of hydrogen-bond acceptors (Lipinski definition) is 4. The van der Waals surface area contributed by atoms with E-state index in [4.69, 9.17) is 4.74 Å². The molecule has 154 valence electrons. The Labute approximate surface area is 170 Å². The maximum Gasteiger partial charge on any atom is 0.320 e. The predicted molar refractivity (Wildman–Crippen MR) is 109 cm³/mol. The number of rotatable bonds is 2. The molecule has 29 heavy (non-hydrogen) atoms. The predicted octanol–water partition coefficient (Wildman–Crippen LogP) is 3.63. The smallest absolute Gasteiger partial charge is 0.320 e. The van der Waals surface area contributed by atoms with Gasteiger partial charge in [0.15, 0.2) is 5.78 Å². The first kappa shape index (κ1) is 19.7. The number of benzene rings is 1. The molecule has 1 saturated heterocycles. The van der Waals surface area contributed by atoms with E-state index in [9.17, 15) is 14.4 Å². The van der Waals surface area contributed by atoms with Crippen LogP contribution in [0.5, 0.6) is 0 Å². The number of ketones is 1. The van der Waals surface area contributed by atoms with Crippen molar-refractivity contribution in [2.45, 2.75) is 59.0 Å². The van der Waals surface area contributed by atoms with Crippen LogP contribution in [0.15, 0.2) is 35.1 Å². The second kappa shape index (κ2) is 6.71. The summed E-state index contributed by atoms with van der Waals surface area (Å²) in [5.41, 5.74) is -0.464. The van der Waals surface area contributed by atoms with Gasteiger partial charge in [0.2, 0.25) is 0 Å². The van der Waals surface area contributed by atoms with E-state index >= 15 is 0 Å². The van der Waals surface area contributed by atoms with Crippen LogP contribution in [0.3, 0.4) is 0 Å². The molecule has 0 radical (unpaired) electrons. The second-order valence-electron chi connectivity index (χ2n) is 8.95. The fraction of sp³-hybridized carbons (Fsp3) is 0.522. The highest BCUT2D eigenvalue weighted by Crippen LogP contribution is 2.53. The van der Waals surface area contributed by atoms with Gasteiger partial charge in [-0.05, 0) is 45.7 Å². The van der Waals surface area contributed by atoms with Crippen molar-refractivity contribution in [3.63, 3.8) is 0 Å². The fourth-order valence-electron chi connectivity index (χ4n) is 5.09. The van der Waals surface area contributed by atoms with Gasteiger partial charge in [0.25, 0.3) is 5.56 Å². The zero-order chi connectivity index (χ0) is 21.0. The molecule has 2 heterocycles. The molecular weight excluding hydrogens is 368 g/mol. The zero-order valence-electron chi connectivity index (χ0n) is 17.5. The van der Waals surface area contributed by atoms with Gasteiger partial charge in [-0.15, -0.1) is 0 Å². The normalized spacial score (nSPS) is 23.2. The molecule has 6 nitrogen and oxygen atoms in total. The summed E-state index contributed by atoms with van der Waals surface area (Å²) in [5, 5.41) is 0. The monoisotopic (exact) mass is 396 g/mol. The number of aromatic nitrogens is 2. The van der Waals surface area contributed by atoms with Gasteiger partial charge in [-0.3, -0.25) is 19.1 Å². The van der Waals surface area contributed by atoms with Gasteiger partial charge in [-0.1, -0.05) is 37.5 Å². The Hall–Kier alpha value is -2.63. The van der Waals surface area contributed by atoms with Crippen LogP contribution in [-0.4, -0.2) is 21.1 Å². The molecule has 2 aliphatic rings. The number of carbonyl (C=O) groups excluding carboxylic acids is 2. The molecular formula is C23H28N2O4. The minimum Gasteiger partial charge on any atom is -0.455 e. The van der Waals surface area contributed by atoms with Crippen LogP contribution in [0.4, 0.5) is 0 Å². The molecule has 2 aromatic rings. The van der Waals surface area contributed by atoms with Gasteiger partial charge in [0.1, 0.15) is 11.5 Å². The molecule has 1 spiro atoms. The van der Waals surface area contributed by atoms with Gasteiger partial charge < -0.3 is 4.74 Å². The molecule has 0 unspecified atom stereocenters. The van der Waals surface area contributed by atoms with E-state index in [2.05, 4.69) is 0 Å². The Morgan fingerprint density at radius 2 is 1.62 bits per heavy atom. The average molecular weight is 396 g/mol. The number of cyclic esters (lactones) is 1. The lowest BCUT2D eigenvalue weighted by atomic mass is 9.60. The summed E-state index contributed by atoms with van der Waals surface area (Å²) in [6.07, 6.45) is 2.94. The molecule has 1 aliphatic heterocycles. The summed E-state index contributed by atoms with van der Waals surface area (Å²) < 4.78 is 9.25. The third-order valence-corrected chi connectivity index (χ3v) is 6.86. The van der Waals surface area contributed by atoms with Crippen molar-refractivity contribution in [1.29, 1.82) is 0 Å². The summed E-state index contributed by atoms with van der Waals surface area (Å²) in [4.78, 5) is 40.1. The quantitative estimate of drug-likeness (QED) is 0.574. The summed E-state index contributed by atoms with van der Waals surface area (Å²) in [5.74, 6) is -0.541. The van der Waals surface area contributed by atoms with Crippen LogP contribution in [0.1, 0.15) is 63.3 Å². The molecule has 1 atom stereocenters. The molecule has 4 rings (SSSR count). The first-order valence-corrected chi connectivity index (χ1v) is 10.3. The van der Waals surface area contributed by atoms with E-state index in [0.29, 0.717) is 24.1 Å². The Balaban J connectivity index is 1.83. The maximum atomic E-state index is 13.6. The molecule has 0 amide bonds. The molecule has 0 bridgehead atoms. The summed E-state index contributed by atoms with van der Waals surface area (Å²) in [7, 11) is 1.80. The van der Waals surface area contributed by atoms with E-state index in [-0.39, 0.29) is 11.3 Å². The van der Waals surface area contributed by atoms with Gasteiger partial charge >= 0.3 is 5.97 Å². The Kier molecular flexibility index (Phi) is 4.56. The SMILES string of the molecule is Cc1c([C@H]2OC(=O)C3(CCCCC3)C(=O)C2(C)C)c(=O)n(-c2ccccc2)n1C. The van der Waals surface area contributed by atoms with Crippen LogP contribution >= 0.6 is 0 Å². The van der Waals surface area contributed by atoms with Crippen LogP contribution in [0.2, 0.25) is 0 Å². The fourth-order valence-corrected chi connectivity index (χ4v) is 5.09. The number of Topliss-reactive ketones (excluding diaryl/α,β-unsaturated/α-hetero) is 1. The number of esters is 1. The summed E-state index contributed by atoms with van der Waals surface area (Å²) in [6.45, 7) is 5.44. The lowest BCUT2D eigenvalue weighted by molar-refractivity contribution is -0.192. The van der Waals surface area contributed by atoms with Gasteiger partial charge in [0.05, 0.1) is 16.7 Å². The molecule has 2 fully saturated rings. The Bertz CT molecular complexity index is 1020. The lowest BCUT2D eigenvalue weighted by Gasteiger charge is -2.47. The van der Waals surface area contributed by atoms with E-state index in [1.807, 2.05) is 51.1 Å². The van der Waals surface area contributed by atoms with Crippen molar-refractivity contribution in [3.8, 4) is 5.69 Å². The lowest BCUT2D eigenvalue weighted by Crippen LogP contribution is -2.56. The van der Waals surface area contributed by atoms with Gasteiger partial charge in [-0.2, -0.15) is 0 Å². The van der Waals surface area contributed by atoms with E-state index < -0.39 is 22.9 Å². The molecule has 0 N–H and O–H groups in total. The summed E-state index contributed by atoms with van der Waals surface area (Å²) >= 11 is 0. The highest BCUT2D eigenvalue weighted by Gasteiger charge is 2.61. The zero-order valence-corrected chi connectivity index (χ0v) is 17.5.